The SMILES string of the molecule is CCCCCn1cc(N2Cc3cc(-c4cnc(OC)c(OC)c4)ccc3C2=O)cn1. The first-order valence-electron chi connectivity index (χ1n) is 10.2. The molecule has 0 saturated carbocycles. The van der Waals surface area contributed by atoms with Crippen LogP contribution in [0.15, 0.2) is 42.9 Å². The molecule has 0 aliphatic carbocycles. The van der Waals surface area contributed by atoms with Gasteiger partial charge in [-0.3, -0.25) is 9.48 Å². The van der Waals surface area contributed by atoms with Crippen LogP contribution in [0.25, 0.3) is 11.1 Å². The second-order valence-corrected chi connectivity index (χ2v) is 7.37. The van der Waals surface area contributed by atoms with Crippen LogP contribution in [-0.2, 0) is 13.1 Å². The van der Waals surface area contributed by atoms with Gasteiger partial charge in [-0.05, 0) is 35.7 Å². The molecule has 1 aliphatic rings. The molecule has 1 amide bonds. The minimum absolute atomic E-state index is 0.00935. The highest BCUT2D eigenvalue weighted by Crippen LogP contribution is 2.34. The molecule has 30 heavy (non-hydrogen) atoms. The van der Waals surface area contributed by atoms with Gasteiger partial charge in [0.25, 0.3) is 11.8 Å². The number of aryl methyl sites for hydroxylation is 1. The average molecular weight is 406 g/mol. The fourth-order valence-electron chi connectivity index (χ4n) is 3.74. The zero-order valence-electron chi connectivity index (χ0n) is 17.6. The standard InChI is InChI=1S/C23H26N4O3/c1-4-5-6-9-26-15-19(13-25-26)27-14-18-10-16(7-8-20(18)23(27)28)17-11-21(29-2)22(30-3)24-12-17/h7-8,10-13,15H,4-6,9,14H2,1-3H3. The number of aromatic nitrogens is 3. The predicted octanol–water partition coefficient (Wildman–Crippen LogP) is 4.31. The lowest BCUT2D eigenvalue weighted by molar-refractivity contribution is 0.0996. The van der Waals surface area contributed by atoms with Crippen molar-refractivity contribution in [3.05, 3.63) is 54.0 Å². The van der Waals surface area contributed by atoms with Gasteiger partial charge in [-0.1, -0.05) is 25.8 Å². The Morgan fingerprint density at radius 3 is 2.70 bits per heavy atom. The summed E-state index contributed by atoms with van der Waals surface area (Å²) >= 11 is 0. The van der Waals surface area contributed by atoms with Crippen LogP contribution in [0.1, 0.15) is 42.1 Å². The van der Waals surface area contributed by atoms with Crippen molar-refractivity contribution in [3.8, 4) is 22.8 Å². The van der Waals surface area contributed by atoms with E-state index in [9.17, 15) is 4.79 Å². The molecule has 0 atom stereocenters. The van der Waals surface area contributed by atoms with Gasteiger partial charge in [-0.15, -0.1) is 0 Å². The summed E-state index contributed by atoms with van der Waals surface area (Å²) in [6.45, 7) is 3.59. The molecule has 3 aromatic rings. The Labute approximate surface area is 176 Å². The summed E-state index contributed by atoms with van der Waals surface area (Å²) in [5.41, 5.74) is 4.44. The Balaban J connectivity index is 1.56. The molecule has 7 heteroatoms. The number of fused-ring (bicyclic) bond motifs is 1. The maximum Gasteiger partial charge on any atom is 0.259 e. The molecular weight excluding hydrogens is 380 g/mol. The molecule has 4 rings (SSSR count). The van der Waals surface area contributed by atoms with Crippen LogP contribution in [-0.4, -0.2) is 34.9 Å². The summed E-state index contributed by atoms with van der Waals surface area (Å²) in [5.74, 6) is 1.03. The Hall–Kier alpha value is -3.35. The van der Waals surface area contributed by atoms with E-state index in [2.05, 4.69) is 17.0 Å². The fourth-order valence-corrected chi connectivity index (χ4v) is 3.74. The number of ether oxygens (including phenoxy) is 2. The van der Waals surface area contributed by atoms with Crippen molar-refractivity contribution < 1.29 is 14.3 Å². The second kappa shape index (κ2) is 8.57. The van der Waals surface area contributed by atoms with E-state index in [0.29, 0.717) is 18.2 Å². The monoisotopic (exact) mass is 406 g/mol. The number of anilines is 1. The molecule has 7 nitrogen and oxygen atoms in total. The lowest BCUT2D eigenvalue weighted by Gasteiger charge is -2.12. The number of carbonyl (C=O) groups excluding carboxylic acids is 1. The molecule has 156 valence electrons. The topological polar surface area (TPSA) is 69.5 Å². The highest BCUT2D eigenvalue weighted by molar-refractivity contribution is 6.10. The highest BCUT2D eigenvalue weighted by Gasteiger charge is 2.29. The van der Waals surface area contributed by atoms with Gasteiger partial charge in [0, 0.05) is 30.1 Å². The Kier molecular flexibility index (Phi) is 5.70. The smallest absolute Gasteiger partial charge is 0.259 e. The summed E-state index contributed by atoms with van der Waals surface area (Å²) in [7, 11) is 3.15. The van der Waals surface area contributed by atoms with Gasteiger partial charge in [0.15, 0.2) is 5.75 Å². The van der Waals surface area contributed by atoms with E-state index in [4.69, 9.17) is 9.47 Å². The first kappa shape index (κ1) is 19.9. The number of pyridine rings is 1. The van der Waals surface area contributed by atoms with Gasteiger partial charge in [0.1, 0.15) is 0 Å². The normalized spacial score (nSPS) is 12.9. The number of unbranched alkanes of at least 4 members (excludes halogenated alkanes) is 2. The average Bonchev–Trinajstić information content (AvgIpc) is 3.37. The van der Waals surface area contributed by atoms with Gasteiger partial charge in [-0.25, -0.2) is 4.98 Å². The molecule has 0 radical (unpaired) electrons. The van der Waals surface area contributed by atoms with Crippen LogP contribution in [0.3, 0.4) is 0 Å². The quantitative estimate of drug-likeness (QED) is 0.521. The number of rotatable bonds is 8. The first-order valence-corrected chi connectivity index (χ1v) is 10.2. The summed E-state index contributed by atoms with van der Waals surface area (Å²) in [6.07, 6.45) is 8.92. The van der Waals surface area contributed by atoms with Gasteiger partial charge in [0.2, 0.25) is 0 Å². The minimum Gasteiger partial charge on any atom is -0.491 e. The van der Waals surface area contributed by atoms with Crippen LogP contribution in [0.5, 0.6) is 11.6 Å². The first-order chi connectivity index (χ1) is 14.6. The number of nitrogens with zero attached hydrogens (tertiary/aromatic N) is 4. The number of methoxy groups -OCH3 is 2. The lowest BCUT2D eigenvalue weighted by Crippen LogP contribution is -2.22. The Morgan fingerprint density at radius 1 is 1.07 bits per heavy atom. The van der Waals surface area contributed by atoms with Crippen molar-refractivity contribution in [2.45, 2.75) is 39.3 Å². The molecule has 3 heterocycles. The highest BCUT2D eigenvalue weighted by atomic mass is 16.5. The van der Waals surface area contributed by atoms with E-state index in [1.165, 1.54) is 12.8 Å². The van der Waals surface area contributed by atoms with E-state index in [1.54, 1.807) is 31.5 Å². The largest absolute Gasteiger partial charge is 0.491 e. The van der Waals surface area contributed by atoms with Crippen molar-refractivity contribution in [2.75, 3.05) is 19.1 Å². The summed E-state index contributed by atoms with van der Waals surface area (Å²) in [6, 6.07) is 7.76. The van der Waals surface area contributed by atoms with E-state index in [1.807, 2.05) is 35.1 Å². The third kappa shape index (κ3) is 3.75. The van der Waals surface area contributed by atoms with Crippen LogP contribution in [0, 0.1) is 0 Å². The molecule has 0 bridgehead atoms. The molecule has 0 unspecified atom stereocenters. The van der Waals surface area contributed by atoms with Crippen LogP contribution >= 0.6 is 0 Å². The van der Waals surface area contributed by atoms with Crippen LogP contribution in [0.2, 0.25) is 0 Å². The molecule has 0 N–H and O–H groups in total. The number of carbonyl (C=O) groups is 1. The third-order valence-electron chi connectivity index (χ3n) is 5.40. The van der Waals surface area contributed by atoms with Gasteiger partial charge >= 0.3 is 0 Å². The summed E-state index contributed by atoms with van der Waals surface area (Å²) < 4.78 is 12.5. The fraction of sp³-hybridized carbons (Fsp3) is 0.348. The van der Waals surface area contributed by atoms with Gasteiger partial charge < -0.3 is 14.4 Å². The van der Waals surface area contributed by atoms with Crippen molar-refractivity contribution in [2.24, 2.45) is 0 Å². The number of hydrogen-bond donors (Lipinski definition) is 0. The summed E-state index contributed by atoms with van der Waals surface area (Å²) in [5, 5.41) is 4.42. The Bertz CT molecular complexity index is 1060. The van der Waals surface area contributed by atoms with Crippen molar-refractivity contribution >= 4 is 11.6 Å². The van der Waals surface area contributed by atoms with Crippen molar-refractivity contribution in [1.82, 2.24) is 14.8 Å². The molecule has 0 saturated heterocycles. The van der Waals surface area contributed by atoms with E-state index < -0.39 is 0 Å². The van der Waals surface area contributed by atoms with Crippen molar-refractivity contribution in [1.29, 1.82) is 0 Å². The predicted molar refractivity (Wildman–Crippen MR) is 115 cm³/mol. The number of hydrogen-bond acceptors (Lipinski definition) is 5. The van der Waals surface area contributed by atoms with Gasteiger partial charge in [-0.2, -0.15) is 5.10 Å². The molecular formula is C23H26N4O3. The van der Waals surface area contributed by atoms with E-state index in [0.717, 1.165) is 40.9 Å². The zero-order valence-corrected chi connectivity index (χ0v) is 17.6. The molecule has 2 aromatic heterocycles. The van der Waals surface area contributed by atoms with E-state index >= 15 is 0 Å². The molecule has 0 spiro atoms. The number of benzene rings is 1. The summed E-state index contributed by atoms with van der Waals surface area (Å²) in [4.78, 5) is 19.0. The Morgan fingerprint density at radius 2 is 1.93 bits per heavy atom. The zero-order chi connectivity index (χ0) is 21.1. The molecule has 0 fully saturated rings. The lowest BCUT2D eigenvalue weighted by atomic mass is 10.0. The van der Waals surface area contributed by atoms with Crippen molar-refractivity contribution in [3.63, 3.8) is 0 Å². The second-order valence-electron chi connectivity index (χ2n) is 7.37. The minimum atomic E-state index is 0.00935. The number of amides is 1. The van der Waals surface area contributed by atoms with Gasteiger partial charge in [0.05, 0.1) is 32.6 Å². The van der Waals surface area contributed by atoms with Crippen LogP contribution in [0.4, 0.5) is 5.69 Å². The third-order valence-corrected chi connectivity index (χ3v) is 5.40. The molecule has 1 aliphatic heterocycles. The van der Waals surface area contributed by atoms with Crippen LogP contribution < -0.4 is 14.4 Å². The molecule has 1 aromatic carbocycles. The van der Waals surface area contributed by atoms with E-state index in [-0.39, 0.29) is 5.91 Å². The maximum atomic E-state index is 12.9. The maximum absolute atomic E-state index is 12.9.